The van der Waals surface area contributed by atoms with Gasteiger partial charge in [0.15, 0.2) is 0 Å². The Morgan fingerprint density at radius 3 is 1.38 bits per heavy atom. The van der Waals surface area contributed by atoms with Crippen LogP contribution in [0.4, 0.5) is 34.1 Å². The summed E-state index contributed by atoms with van der Waals surface area (Å²) in [4.78, 5) is 11.0. The molecule has 0 atom stereocenters. The van der Waals surface area contributed by atoms with E-state index in [2.05, 4.69) is 298 Å². The van der Waals surface area contributed by atoms with Crippen LogP contribution in [0.15, 0.2) is 200 Å². The van der Waals surface area contributed by atoms with E-state index in [1.807, 2.05) is 0 Å². The molecule has 10 aromatic rings. The zero-order valence-electron chi connectivity index (χ0n) is 46.4. The van der Waals surface area contributed by atoms with Gasteiger partial charge in [0, 0.05) is 50.8 Å². The van der Waals surface area contributed by atoms with E-state index in [9.17, 15) is 0 Å². The quantitative estimate of drug-likeness (QED) is 0.155. The SMILES string of the molecule is CC(C)(C)c1ccc(-c2nc3cc4c(cc3n2-c2ccccc2)B2c3cc(C(C)(C)C)ccc3N(c3ccc(C(C)(C)C)cc3)c3cc(C(C)(C)C)cc(c32)N4c2c(-c3ccccc3)cccc2-c2ccccc2)cc1. The van der Waals surface area contributed by atoms with E-state index >= 15 is 0 Å². The number of imidazole rings is 1. The number of benzene rings is 9. The molecule has 0 saturated carbocycles. The number of rotatable bonds is 6. The summed E-state index contributed by atoms with van der Waals surface area (Å²) < 4.78 is 2.40. The molecule has 376 valence electrons. The van der Waals surface area contributed by atoms with E-state index in [0.717, 1.165) is 67.4 Å². The summed E-state index contributed by atoms with van der Waals surface area (Å²) in [7, 11) is 0. The van der Waals surface area contributed by atoms with Crippen molar-refractivity contribution in [2.75, 3.05) is 9.80 Å². The fourth-order valence-corrected chi connectivity index (χ4v) is 11.7. The summed E-state index contributed by atoms with van der Waals surface area (Å²) in [6.07, 6.45) is 0. The minimum absolute atomic E-state index is 0.0104. The van der Waals surface area contributed by atoms with Gasteiger partial charge in [0.2, 0.25) is 0 Å². The summed E-state index contributed by atoms with van der Waals surface area (Å²) >= 11 is 0. The van der Waals surface area contributed by atoms with Crippen LogP contribution in [0.3, 0.4) is 0 Å². The number of hydrogen-bond donors (Lipinski definition) is 0. The lowest BCUT2D eigenvalue weighted by Gasteiger charge is -2.46. The minimum atomic E-state index is -0.192. The number of para-hydroxylation sites is 2. The van der Waals surface area contributed by atoms with E-state index < -0.39 is 0 Å². The van der Waals surface area contributed by atoms with Gasteiger partial charge in [0.25, 0.3) is 6.71 Å². The molecule has 2 aliphatic heterocycles. The maximum absolute atomic E-state index is 5.74. The van der Waals surface area contributed by atoms with Crippen LogP contribution >= 0.6 is 0 Å². The highest BCUT2D eigenvalue weighted by Gasteiger charge is 2.46. The van der Waals surface area contributed by atoms with Crippen LogP contribution in [0.25, 0.3) is 50.4 Å². The fraction of sp³-hybridized carbons (Fsp3) is 0.225. The molecule has 0 fully saturated rings. The van der Waals surface area contributed by atoms with Gasteiger partial charge in [-0.2, -0.15) is 0 Å². The zero-order valence-corrected chi connectivity index (χ0v) is 46.4. The molecule has 12 rings (SSSR count). The van der Waals surface area contributed by atoms with E-state index in [0.29, 0.717) is 0 Å². The highest BCUT2D eigenvalue weighted by Crippen LogP contribution is 2.52. The normalized spacial score (nSPS) is 13.4. The summed E-state index contributed by atoms with van der Waals surface area (Å²) in [6.45, 7) is 27.7. The highest BCUT2D eigenvalue weighted by atomic mass is 15.2. The Bertz CT molecular complexity index is 3770. The third-order valence-corrected chi connectivity index (χ3v) is 16.0. The van der Waals surface area contributed by atoms with Crippen LogP contribution < -0.4 is 26.2 Å². The first-order chi connectivity index (χ1) is 36.2. The fourth-order valence-electron chi connectivity index (χ4n) is 11.7. The lowest BCUT2D eigenvalue weighted by atomic mass is 9.33. The molecule has 4 nitrogen and oxygen atoms in total. The van der Waals surface area contributed by atoms with Gasteiger partial charge in [-0.1, -0.05) is 229 Å². The summed E-state index contributed by atoms with van der Waals surface area (Å²) in [5.41, 5.74) is 24.6. The standard InChI is InChI=1S/C71H69BN4/c1-68(2,3)49-33-31-48(32-34-49)67-73-59-45-61-58(44-62(59)75(67)53-27-20-15-21-28-53)72-57-41-51(70(7,8)9)37-40-60(57)74(54-38-35-50(36-39-54)69(4,5)6)63-42-52(71(10,11)12)43-64(65(63)72)76(61)66-55(46-23-16-13-17-24-46)29-22-30-56(66)47-25-18-14-19-26-47/h13-45H,1-12H3. The number of anilines is 6. The van der Waals surface area contributed by atoms with Gasteiger partial charge >= 0.3 is 0 Å². The molecule has 0 unspecified atom stereocenters. The molecule has 1 aromatic heterocycles. The van der Waals surface area contributed by atoms with Crippen molar-refractivity contribution in [3.8, 4) is 39.3 Å². The summed E-state index contributed by atoms with van der Waals surface area (Å²) in [5.74, 6) is 0.919. The number of fused-ring (bicyclic) bond motifs is 5. The molecule has 0 saturated heterocycles. The Hall–Kier alpha value is -7.89. The monoisotopic (exact) mass is 989 g/mol. The lowest BCUT2D eigenvalue weighted by molar-refractivity contribution is 0.589. The number of nitrogens with zero attached hydrogens (tertiary/aromatic N) is 4. The molecule has 5 heteroatoms. The van der Waals surface area contributed by atoms with Crippen molar-refractivity contribution in [3.05, 3.63) is 222 Å². The van der Waals surface area contributed by atoms with E-state index in [1.54, 1.807) is 0 Å². The molecular weight excluding hydrogens is 920 g/mol. The van der Waals surface area contributed by atoms with E-state index in [-0.39, 0.29) is 28.4 Å². The number of aromatic nitrogens is 2. The van der Waals surface area contributed by atoms with E-state index in [1.165, 1.54) is 55.7 Å². The van der Waals surface area contributed by atoms with Gasteiger partial charge in [-0.15, -0.1) is 0 Å². The van der Waals surface area contributed by atoms with E-state index in [4.69, 9.17) is 4.98 Å². The predicted molar refractivity (Wildman–Crippen MR) is 326 cm³/mol. The van der Waals surface area contributed by atoms with Gasteiger partial charge in [0.05, 0.1) is 16.7 Å². The third kappa shape index (κ3) is 8.36. The van der Waals surface area contributed by atoms with Crippen molar-refractivity contribution < 1.29 is 0 Å². The first-order valence-corrected chi connectivity index (χ1v) is 27.2. The van der Waals surface area contributed by atoms with Crippen molar-refractivity contribution in [1.82, 2.24) is 9.55 Å². The Labute approximate surface area is 451 Å². The molecule has 9 aromatic carbocycles. The van der Waals surface area contributed by atoms with Gasteiger partial charge < -0.3 is 9.80 Å². The first kappa shape index (κ1) is 49.0. The van der Waals surface area contributed by atoms with Crippen molar-refractivity contribution in [3.63, 3.8) is 0 Å². The molecule has 2 aliphatic rings. The van der Waals surface area contributed by atoms with Crippen molar-refractivity contribution in [1.29, 1.82) is 0 Å². The molecular formula is C71H69BN4. The topological polar surface area (TPSA) is 24.3 Å². The second kappa shape index (κ2) is 17.9. The zero-order chi connectivity index (χ0) is 53.1. The van der Waals surface area contributed by atoms with Gasteiger partial charge in [-0.3, -0.25) is 4.57 Å². The average molecular weight is 989 g/mol. The molecule has 0 spiro atoms. The Morgan fingerprint density at radius 2 is 0.842 bits per heavy atom. The predicted octanol–water partition coefficient (Wildman–Crippen LogP) is 17.3. The molecule has 0 bridgehead atoms. The molecule has 3 heterocycles. The van der Waals surface area contributed by atoms with Crippen LogP contribution in [0, 0.1) is 0 Å². The second-order valence-corrected chi connectivity index (χ2v) is 25.4. The molecule has 0 N–H and O–H groups in total. The Balaban J connectivity index is 1.26. The summed E-state index contributed by atoms with van der Waals surface area (Å²) in [6, 6.07) is 75.4. The second-order valence-electron chi connectivity index (χ2n) is 25.4. The van der Waals surface area contributed by atoms with Crippen molar-refractivity contribution >= 4 is 68.3 Å². The van der Waals surface area contributed by atoms with Crippen molar-refractivity contribution in [2.24, 2.45) is 0 Å². The largest absolute Gasteiger partial charge is 0.311 e. The first-order valence-electron chi connectivity index (χ1n) is 27.2. The Kier molecular flexibility index (Phi) is 11.5. The van der Waals surface area contributed by atoms with Crippen LogP contribution in [-0.4, -0.2) is 16.3 Å². The van der Waals surface area contributed by atoms with Crippen LogP contribution in [0.2, 0.25) is 0 Å². The maximum atomic E-state index is 5.74. The molecule has 76 heavy (non-hydrogen) atoms. The van der Waals surface area contributed by atoms with Crippen LogP contribution in [0.1, 0.15) is 105 Å². The van der Waals surface area contributed by atoms with Gasteiger partial charge in [0.1, 0.15) is 5.82 Å². The average Bonchev–Trinajstić information content (AvgIpc) is 3.95. The highest BCUT2D eigenvalue weighted by molar-refractivity contribution is 7.00. The molecule has 0 amide bonds. The lowest BCUT2D eigenvalue weighted by Crippen LogP contribution is -2.61. The number of hydrogen-bond acceptors (Lipinski definition) is 3. The maximum Gasteiger partial charge on any atom is 0.252 e. The third-order valence-electron chi connectivity index (χ3n) is 16.0. The van der Waals surface area contributed by atoms with Crippen molar-refractivity contribution in [2.45, 2.75) is 105 Å². The minimum Gasteiger partial charge on any atom is -0.311 e. The van der Waals surface area contributed by atoms with Crippen LogP contribution in [0.5, 0.6) is 0 Å². The van der Waals surface area contributed by atoms with Gasteiger partial charge in [-0.05, 0) is 126 Å². The van der Waals surface area contributed by atoms with Crippen LogP contribution in [-0.2, 0) is 21.7 Å². The molecule has 0 radical (unpaired) electrons. The summed E-state index contributed by atoms with van der Waals surface area (Å²) in [5, 5.41) is 0. The van der Waals surface area contributed by atoms with Gasteiger partial charge in [-0.25, -0.2) is 4.98 Å². The Morgan fingerprint density at radius 1 is 0.355 bits per heavy atom. The smallest absolute Gasteiger partial charge is 0.252 e. The molecule has 0 aliphatic carbocycles.